The van der Waals surface area contributed by atoms with Crippen LogP contribution in [0.3, 0.4) is 0 Å². The highest BCUT2D eigenvalue weighted by atomic mass is 19.1. The van der Waals surface area contributed by atoms with Crippen LogP contribution in [0.4, 0.5) is 10.1 Å². The van der Waals surface area contributed by atoms with E-state index in [1.807, 2.05) is 24.3 Å². The van der Waals surface area contributed by atoms with E-state index in [2.05, 4.69) is 16.9 Å². The van der Waals surface area contributed by atoms with Crippen molar-refractivity contribution in [2.24, 2.45) is 0 Å². The van der Waals surface area contributed by atoms with Crippen molar-refractivity contribution in [3.63, 3.8) is 0 Å². The number of benzene rings is 1. The second kappa shape index (κ2) is 6.95. The second-order valence-electron chi connectivity index (χ2n) is 5.16. The van der Waals surface area contributed by atoms with E-state index in [1.165, 1.54) is 12.3 Å². The molecule has 0 aliphatic heterocycles. The fourth-order valence-corrected chi connectivity index (χ4v) is 2.44. The number of anilines is 1. The Kier molecular flexibility index (Phi) is 4.56. The number of carbonyl (C=O) groups excluding carboxylic acids is 1. The maximum Gasteiger partial charge on any atom is 0.228 e. The largest absolute Gasteiger partial charge is 0.410 e. The molecule has 0 saturated carbocycles. The lowest BCUT2D eigenvalue weighted by molar-refractivity contribution is -0.115. The molecule has 0 bridgehead atoms. The second-order valence-corrected chi connectivity index (χ2v) is 5.16. The molecule has 24 heavy (non-hydrogen) atoms. The van der Waals surface area contributed by atoms with Gasteiger partial charge in [0.1, 0.15) is 6.61 Å². The van der Waals surface area contributed by atoms with Crippen molar-refractivity contribution >= 4 is 22.5 Å². The van der Waals surface area contributed by atoms with Gasteiger partial charge in [-0.05, 0) is 17.7 Å². The standard InChI is InChI=1S/C18H16FN3O2/c1-2-9-24-22-12-13(14-5-3-4-6-17(14)22)10-18(23)21-16-7-8-20-11-15(16)19/h2-8,11-12H,1,9-10H2,(H,20,21,23). The summed E-state index contributed by atoms with van der Waals surface area (Å²) in [5.41, 5.74) is 1.76. The number of hydrogen-bond donors (Lipinski definition) is 1. The molecule has 0 radical (unpaired) electrons. The Morgan fingerprint density at radius 1 is 1.38 bits per heavy atom. The van der Waals surface area contributed by atoms with Crippen molar-refractivity contribution in [1.82, 2.24) is 9.71 Å². The molecule has 0 unspecified atom stereocenters. The quantitative estimate of drug-likeness (QED) is 0.709. The van der Waals surface area contributed by atoms with E-state index < -0.39 is 5.82 Å². The molecule has 0 spiro atoms. The minimum atomic E-state index is -0.567. The van der Waals surface area contributed by atoms with Gasteiger partial charge in [0.05, 0.1) is 23.8 Å². The Balaban J connectivity index is 1.83. The molecular formula is C18H16FN3O2. The van der Waals surface area contributed by atoms with Crippen LogP contribution in [-0.2, 0) is 11.2 Å². The number of rotatable bonds is 6. The predicted molar refractivity (Wildman–Crippen MR) is 90.1 cm³/mol. The van der Waals surface area contributed by atoms with Gasteiger partial charge in [0, 0.05) is 17.8 Å². The molecule has 122 valence electrons. The van der Waals surface area contributed by atoms with E-state index in [4.69, 9.17) is 4.84 Å². The molecule has 0 atom stereocenters. The van der Waals surface area contributed by atoms with Crippen LogP contribution in [0.1, 0.15) is 5.56 Å². The van der Waals surface area contributed by atoms with Crippen LogP contribution < -0.4 is 10.2 Å². The van der Waals surface area contributed by atoms with E-state index in [-0.39, 0.29) is 18.0 Å². The molecule has 0 aliphatic rings. The van der Waals surface area contributed by atoms with Gasteiger partial charge in [-0.25, -0.2) is 4.39 Å². The highest BCUT2D eigenvalue weighted by Crippen LogP contribution is 2.21. The minimum absolute atomic E-state index is 0.104. The summed E-state index contributed by atoms with van der Waals surface area (Å²) >= 11 is 0. The van der Waals surface area contributed by atoms with E-state index in [0.29, 0.717) is 6.61 Å². The maximum atomic E-state index is 13.6. The van der Waals surface area contributed by atoms with Crippen molar-refractivity contribution < 1.29 is 14.0 Å². The molecule has 0 fully saturated rings. The van der Waals surface area contributed by atoms with Gasteiger partial charge in [0.15, 0.2) is 5.82 Å². The molecule has 1 N–H and O–H groups in total. The van der Waals surface area contributed by atoms with Crippen LogP contribution in [-0.4, -0.2) is 22.2 Å². The van der Waals surface area contributed by atoms with Gasteiger partial charge < -0.3 is 10.2 Å². The normalized spacial score (nSPS) is 10.5. The molecule has 0 saturated heterocycles. The van der Waals surface area contributed by atoms with Crippen molar-refractivity contribution in [2.75, 3.05) is 11.9 Å². The first-order valence-corrected chi connectivity index (χ1v) is 7.41. The molecular weight excluding hydrogens is 309 g/mol. The van der Waals surface area contributed by atoms with E-state index in [0.717, 1.165) is 22.7 Å². The highest BCUT2D eigenvalue weighted by molar-refractivity contribution is 5.95. The first-order chi connectivity index (χ1) is 11.7. The number of carbonyl (C=O) groups is 1. The number of pyridine rings is 1. The van der Waals surface area contributed by atoms with Gasteiger partial charge in [-0.2, -0.15) is 4.73 Å². The average Bonchev–Trinajstić information content (AvgIpc) is 2.93. The van der Waals surface area contributed by atoms with Gasteiger partial charge in [-0.1, -0.05) is 30.9 Å². The Labute approximate surface area is 138 Å². The smallest absolute Gasteiger partial charge is 0.228 e. The summed E-state index contributed by atoms with van der Waals surface area (Å²) in [5.74, 6) is -0.880. The highest BCUT2D eigenvalue weighted by Gasteiger charge is 2.13. The van der Waals surface area contributed by atoms with Crippen LogP contribution in [0.5, 0.6) is 0 Å². The third kappa shape index (κ3) is 3.27. The molecule has 1 amide bonds. The first-order valence-electron chi connectivity index (χ1n) is 7.41. The van der Waals surface area contributed by atoms with Crippen molar-refractivity contribution in [3.8, 4) is 0 Å². The van der Waals surface area contributed by atoms with Gasteiger partial charge in [0.2, 0.25) is 5.91 Å². The van der Waals surface area contributed by atoms with Gasteiger partial charge in [0.25, 0.3) is 0 Å². The lowest BCUT2D eigenvalue weighted by atomic mass is 10.1. The maximum absolute atomic E-state index is 13.6. The van der Waals surface area contributed by atoms with Crippen LogP contribution in [0.15, 0.2) is 61.6 Å². The fraction of sp³-hybridized carbons (Fsp3) is 0.111. The molecule has 3 rings (SSSR count). The van der Waals surface area contributed by atoms with E-state index >= 15 is 0 Å². The summed E-state index contributed by atoms with van der Waals surface area (Å²) in [7, 11) is 0. The zero-order valence-corrected chi connectivity index (χ0v) is 12.9. The Hall–Kier alpha value is -3.15. The number of fused-ring (bicyclic) bond motifs is 1. The minimum Gasteiger partial charge on any atom is -0.410 e. The van der Waals surface area contributed by atoms with E-state index in [1.54, 1.807) is 17.0 Å². The first kappa shape index (κ1) is 15.7. The molecule has 5 nitrogen and oxygen atoms in total. The summed E-state index contributed by atoms with van der Waals surface area (Å²) in [4.78, 5) is 21.5. The van der Waals surface area contributed by atoms with Gasteiger partial charge in [-0.3, -0.25) is 9.78 Å². The number of nitrogens with one attached hydrogen (secondary N) is 1. The average molecular weight is 325 g/mol. The topological polar surface area (TPSA) is 56.1 Å². The number of hydrogen-bond acceptors (Lipinski definition) is 3. The molecule has 2 heterocycles. The van der Waals surface area contributed by atoms with Crippen molar-refractivity contribution in [1.29, 1.82) is 0 Å². The zero-order chi connectivity index (χ0) is 16.9. The summed E-state index contributed by atoms with van der Waals surface area (Å²) in [6, 6.07) is 9.03. The molecule has 6 heteroatoms. The third-order valence-electron chi connectivity index (χ3n) is 3.49. The van der Waals surface area contributed by atoms with Gasteiger partial charge >= 0.3 is 0 Å². The SMILES string of the molecule is C=CCOn1cc(CC(=O)Nc2ccncc2F)c2ccccc21. The lowest BCUT2D eigenvalue weighted by Crippen LogP contribution is -2.15. The molecule has 0 aliphatic carbocycles. The van der Waals surface area contributed by atoms with Crippen molar-refractivity contribution in [2.45, 2.75) is 6.42 Å². The summed E-state index contributed by atoms with van der Waals surface area (Å²) < 4.78 is 15.2. The van der Waals surface area contributed by atoms with E-state index in [9.17, 15) is 9.18 Å². The zero-order valence-electron chi connectivity index (χ0n) is 12.9. The summed E-state index contributed by atoms with van der Waals surface area (Å²) in [6.07, 6.45) is 6.00. The van der Waals surface area contributed by atoms with Crippen LogP contribution in [0.25, 0.3) is 10.9 Å². The molecule has 1 aromatic carbocycles. The number of amides is 1. The third-order valence-corrected chi connectivity index (χ3v) is 3.49. The Bertz CT molecular complexity index is 889. The molecule has 2 aromatic heterocycles. The number of aromatic nitrogens is 2. The number of para-hydroxylation sites is 1. The molecule has 3 aromatic rings. The van der Waals surface area contributed by atoms with Crippen molar-refractivity contribution in [3.05, 3.63) is 73.0 Å². The monoisotopic (exact) mass is 325 g/mol. The number of nitrogens with zero attached hydrogens (tertiary/aromatic N) is 2. The number of halogens is 1. The summed E-state index contributed by atoms with van der Waals surface area (Å²) in [6.45, 7) is 3.98. The fourth-order valence-electron chi connectivity index (χ4n) is 2.44. The predicted octanol–water partition coefficient (Wildman–Crippen LogP) is 2.97. The van der Waals surface area contributed by atoms with Crippen LogP contribution in [0, 0.1) is 5.82 Å². The van der Waals surface area contributed by atoms with Crippen LogP contribution in [0.2, 0.25) is 0 Å². The Morgan fingerprint density at radius 3 is 3.00 bits per heavy atom. The Morgan fingerprint density at radius 2 is 2.21 bits per heavy atom. The van der Waals surface area contributed by atoms with Crippen LogP contribution >= 0.6 is 0 Å². The summed E-state index contributed by atoms with van der Waals surface area (Å²) in [5, 5.41) is 3.46. The lowest BCUT2D eigenvalue weighted by Gasteiger charge is -2.05. The van der Waals surface area contributed by atoms with Gasteiger partial charge in [-0.15, -0.1) is 0 Å².